The van der Waals surface area contributed by atoms with Crippen LogP contribution in [0.1, 0.15) is 10.4 Å². The van der Waals surface area contributed by atoms with Gasteiger partial charge >= 0.3 is 5.97 Å². The van der Waals surface area contributed by atoms with E-state index in [0.717, 1.165) is 50.3 Å². The van der Waals surface area contributed by atoms with E-state index in [-0.39, 0.29) is 0 Å². The lowest BCUT2D eigenvalue weighted by molar-refractivity contribution is -0.135. The van der Waals surface area contributed by atoms with Crippen molar-refractivity contribution in [2.75, 3.05) is 40.0 Å². The summed E-state index contributed by atoms with van der Waals surface area (Å²) < 4.78 is 11.9. The van der Waals surface area contributed by atoms with Gasteiger partial charge in [-0.05, 0) is 6.07 Å². The first-order valence-corrected chi connectivity index (χ1v) is 7.71. The van der Waals surface area contributed by atoms with Crippen LogP contribution in [-0.2, 0) is 20.8 Å². The van der Waals surface area contributed by atoms with Crippen LogP contribution in [0.25, 0.3) is 10.9 Å². The molecule has 1 fully saturated rings. The van der Waals surface area contributed by atoms with Gasteiger partial charge in [0.25, 0.3) is 5.78 Å². The molecule has 0 saturated carbocycles. The highest BCUT2D eigenvalue weighted by molar-refractivity contribution is 6.42. The van der Waals surface area contributed by atoms with E-state index < -0.39 is 11.8 Å². The minimum atomic E-state index is -0.832. The molecular weight excluding hydrogens is 296 g/mol. The van der Waals surface area contributed by atoms with Crippen molar-refractivity contribution in [1.29, 1.82) is 0 Å². The molecule has 0 spiro atoms. The summed E-state index contributed by atoms with van der Waals surface area (Å²) in [7, 11) is 1.22. The molecule has 1 aliphatic rings. The number of benzene rings is 1. The molecule has 0 amide bonds. The summed E-state index contributed by atoms with van der Waals surface area (Å²) in [5.74, 6) is -1.44. The minimum Gasteiger partial charge on any atom is -0.463 e. The quantitative estimate of drug-likeness (QED) is 0.473. The van der Waals surface area contributed by atoms with Crippen molar-refractivity contribution in [3.63, 3.8) is 0 Å². The Bertz CT molecular complexity index is 716. The van der Waals surface area contributed by atoms with Gasteiger partial charge in [-0.25, -0.2) is 4.79 Å². The molecule has 0 radical (unpaired) electrons. The number of rotatable bonds is 5. The number of aromatic nitrogens is 1. The van der Waals surface area contributed by atoms with Gasteiger partial charge in [0.15, 0.2) is 0 Å². The zero-order chi connectivity index (χ0) is 16.2. The van der Waals surface area contributed by atoms with Crippen molar-refractivity contribution in [2.24, 2.45) is 0 Å². The van der Waals surface area contributed by atoms with Crippen molar-refractivity contribution in [3.8, 4) is 0 Å². The van der Waals surface area contributed by atoms with E-state index in [1.165, 1.54) is 7.11 Å². The Hall–Kier alpha value is -2.18. The van der Waals surface area contributed by atoms with Gasteiger partial charge in [0.2, 0.25) is 0 Å². The smallest absolute Gasteiger partial charge is 0.379 e. The highest BCUT2D eigenvalue weighted by Gasteiger charge is 2.22. The van der Waals surface area contributed by atoms with Crippen molar-refractivity contribution >= 4 is 22.7 Å². The summed E-state index contributed by atoms with van der Waals surface area (Å²) in [5.41, 5.74) is 1.35. The molecule has 122 valence electrons. The molecule has 0 unspecified atom stereocenters. The Balaban J connectivity index is 1.85. The molecule has 0 bridgehead atoms. The number of morpholine rings is 1. The summed E-state index contributed by atoms with van der Waals surface area (Å²) in [6.07, 6.45) is 1.75. The number of carbonyl (C=O) groups excluding carboxylic acids is 2. The van der Waals surface area contributed by atoms with Gasteiger partial charge in [0.05, 0.1) is 25.9 Å². The van der Waals surface area contributed by atoms with Gasteiger partial charge in [-0.15, -0.1) is 0 Å². The largest absolute Gasteiger partial charge is 0.463 e. The number of para-hydroxylation sites is 1. The number of ether oxygens (including phenoxy) is 2. The third kappa shape index (κ3) is 3.28. The SMILES string of the molecule is COC(=O)C(=O)c1cn(CCN2CCOCC2)c2ccccc12. The third-order valence-corrected chi connectivity index (χ3v) is 4.16. The minimum absolute atomic E-state index is 0.398. The zero-order valence-electron chi connectivity index (χ0n) is 13.2. The first-order chi connectivity index (χ1) is 11.2. The van der Waals surface area contributed by atoms with E-state index >= 15 is 0 Å². The average Bonchev–Trinajstić information content (AvgIpc) is 2.98. The van der Waals surface area contributed by atoms with Crippen molar-refractivity contribution in [2.45, 2.75) is 6.54 Å². The van der Waals surface area contributed by atoms with Crippen LogP contribution in [0.3, 0.4) is 0 Å². The normalized spacial score (nSPS) is 15.7. The second-order valence-corrected chi connectivity index (χ2v) is 5.53. The number of fused-ring (bicyclic) bond motifs is 1. The van der Waals surface area contributed by atoms with E-state index in [2.05, 4.69) is 9.64 Å². The molecule has 1 aromatic heterocycles. The molecule has 6 nitrogen and oxygen atoms in total. The van der Waals surface area contributed by atoms with E-state index in [0.29, 0.717) is 5.56 Å². The Labute approximate surface area is 134 Å². The average molecular weight is 316 g/mol. The summed E-state index contributed by atoms with van der Waals surface area (Å²) in [4.78, 5) is 26.1. The van der Waals surface area contributed by atoms with Gasteiger partial charge in [-0.1, -0.05) is 18.2 Å². The maximum atomic E-state index is 12.2. The second kappa shape index (κ2) is 6.93. The lowest BCUT2D eigenvalue weighted by Gasteiger charge is -2.26. The predicted octanol–water partition coefficient (Wildman–Crippen LogP) is 1.33. The molecule has 3 rings (SSSR count). The molecule has 0 aliphatic carbocycles. The Morgan fingerprint density at radius 1 is 1.17 bits per heavy atom. The molecule has 6 heteroatoms. The molecule has 2 heterocycles. The first kappa shape index (κ1) is 15.7. The van der Waals surface area contributed by atoms with Crippen molar-refractivity contribution < 1.29 is 19.1 Å². The Morgan fingerprint density at radius 2 is 1.91 bits per heavy atom. The third-order valence-electron chi connectivity index (χ3n) is 4.16. The molecule has 0 N–H and O–H groups in total. The van der Waals surface area contributed by atoms with Crippen molar-refractivity contribution in [3.05, 3.63) is 36.0 Å². The maximum absolute atomic E-state index is 12.2. The standard InChI is InChI=1S/C17H20N2O4/c1-22-17(21)16(20)14-12-19(15-5-3-2-4-13(14)15)7-6-18-8-10-23-11-9-18/h2-5,12H,6-11H2,1H3. The molecule has 1 saturated heterocycles. The molecule has 0 atom stereocenters. The molecular formula is C17H20N2O4. The predicted molar refractivity (Wildman–Crippen MR) is 85.5 cm³/mol. The summed E-state index contributed by atoms with van der Waals surface area (Å²) in [5, 5.41) is 0.782. The zero-order valence-corrected chi connectivity index (χ0v) is 13.2. The lowest BCUT2D eigenvalue weighted by atomic mass is 10.1. The van der Waals surface area contributed by atoms with Crippen LogP contribution in [0.5, 0.6) is 0 Å². The van der Waals surface area contributed by atoms with Crippen LogP contribution < -0.4 is 0 Å². The highest BCUT2D eigenvalue weighted by atomic mass is 16.5. The number of methoxy groups -OCH3 is 1. The summed E-state index contributed by atoms with van der Waals surface area (Å²) in [6.45, 7) is 5.01. The van der Waals surface area contributed by atoms with Gasteiger partial charge in [-0.2, -0.15) is 0 Å². The molecule has 1 aliphatic heterocycles. The highest BCUT2D eigenvalue weighted by Crippen LogP contribution is 2.22. The Morgan fingerprint density at radius 3 is 2.65 bits per heavy atom. The summed E-state index contributed by atoms with van der Waals surface area (Å²) >= 11 is 0. The lowest BCUT2D eigenvalue weighted by Crippen LogP contribution is -2.38. The number of hydrogen-bond donors (Lipinski definition) is 0. The van der Waals surface area contributed by atoms with Gasteiger partial charge in [0.1, 0.15) is 0 Å². The molecule has 2 aromatic rings. The molecule has 23 heavy (non-hydrogen) atoms. The number of ketones is 1. The van der Waals surface area contributed by atoms with E-state index in [1.807, 2.05) is 28.8 Å². The fourth-order valence-corrected chi connectivity index (χ4v) is 2.89. The molecule has 1 aromatic carbocycles. The first-order valence-electron chi connectivity index (χ1n) is 7.71. The van der Waals surface area contributed by atoms with Crippen molar-refractivity contribution in [1.82, 2.24) is 9.47 Å². The number of Topliss-reactive ketones (excluding diaryl/α,β-unsaturated/α-hetero) is 1. The number of esters is 1. The van der Waals surface area contributed by atoms with Crippen LogP contribution in [0, 0.1) is 0 Å². The monoisotopic (exact) mass is 316 g/mol. The summed E-state index contributed by atoms with van der Waals surface area (Å²) in [6, 6.07) is 7.61. The number of carbonyl (C=O) groups is 2. The van der Waals surface area contributed by atoms with Gasteiger partial charge in [0, 0.05) is 43.3 Å². The van der Waals surface area contributed by atoms with Crippen LogP contribution >= 0.6 is 0 Å². The maximum Gasteiger partial charge on any atom is 0.379 e. The Kier molecular flexibility index (Phi) is 4.73. The second-order valence-electron chi connectivity index (χ2n) is 5.53. The van der Waals surface area contributed by atoms with Crippen LogP contribution in [0.2, 0.25) is 0 Å². The van der Waals surface area contributed by atoms with E-state index in [9.17, 15) is 9.59 Å². The number of hydrogen-bond acceptors (Lipinski definition) is 5. The number of nitrogens with zero attached hydrogens (tertiary/aromatic N) is 2. The van der Waals surface area contributed by atoms with E-state index in [1.54, 1.807) is 6.20 Å². The van der Waals surface area contributed by atoms with Gasteiger partial charge in [-0.3, -0.25) is 9.69 Å². The van der Waals surface area contributed by atoms with Gasteiger partial charge < -0.3 is 14.0 Å². The fourth-order valence-electron chi connectivity index (χ4n) is 2.89. The van der Waals surface area contributed by atoms with Crippen LogP contribution in [-0.4, -0.2) is 61.2 Å². The topological polar surface area (TPSA) is 60.8 Å². The fraction of sp³-hybridized carbons (Fsp3) is 0.412. The van der Waals surface area contributed by atoms with Crippen LogP contribution in [0.4, 0.5) is 0 Å². The van der Waals surface area contributed by atoms with E-state index in [4.69, 9.17) is 4.74 Å². The van der Waals surface area contributed by atoms with Crippen LogP contribution in [0.15, 0.2) is 30.5 Å².